The first kappa shape index (κ1) is 17.0. The van der Waals surface area contributed by atoms with E-state index in [9.17, 15) is 0 Å². The molecule has 2 heteroatoms. The zero-order valence-corrected chi connectivity index (χ0v) is 14.8. The van der Waals surface area contributed by atoms with Crippen LogP contribution in [0.1, 0.15) is 49.3 Å². The summed E-state index contributed by atoms with van der Waals surface area (Å²) in [7, 11) is 0. The predicted molar refractivity (Wildman–Crippen MR) is 98.9 cm³/mol. The van der Waals surface area contributed by atoms with E-state index in [4.69, 9.17) is 9.47 Å². The van der Waals surface area contributed by atoms with Gasteiger partial charge in [-0.05, 0) is 54.4 Å². The van der Waals surface area contributed by atoms with Crippen LogP contribution in [0.25, 0.3) is 0 Å². The third kappa shape index (κ3) is 5.10. The molecule has 24 heavy (non-hydrogen) atoms. The van der Waals surface area contributed by atoms with E-state index in [0.717, 1.165) is 25.2 Å². The average molecular weight is 324 g/mol. The number of hydrogen-bond acceptors (Lipinski definition) is 2. The minimum absolute atomic E-state index is 0.312. The number of hydrogen-bond donors (Lipinski definition) is 0. The maximum Gasteiger partial charge on any atom is 0.122 e. The fourth-order valence-corrected chi connectivity index (χ4v) is 2.91. The Bertz CT molecular complexity index is 627. The van der Waals surface area contributed by atoms with E-state index in [1.165, 1.54) is 29.5 Å². The molecule has 1 aliphatic rings. The highest BCUT2D eigenvalue weighted by atomic mass is 16.6. The highest BCUT2D eigenvalue weighted by Crippen LogP contribution is 2.22. The van der Waals surface area contributed by atoms with Crippen molar-refractivity contribution < 1.29 is 9.47 Å². The molecule has 0 bridgehead atoms. The lowest BCUT2D eigenvalue weighted by molar-refractivity contribution is 0.261. The normalized spacial score (nSPS) is 16.4. The van der Waals surface area contributed by atoms with Crippen LogP contribution in [0.3, 0.4) is 0 Å². The quantitative estimate of drug-likeness (QED) is 0.470. The van der Waals surface area contributed by atoms with Crippen molar-refractivity contribution >= 4 is 0 Å². The monoisotopic (exact) mass is 324 g/mol. The lowest BCUT2D eigenvalue weighted by Crippen LogP contribution is -2.05. The molecule has 1 aliphatic heterocycles. The van der Waals surface area contributed by atoms with Crippen LogP contribution < -0.4 is 4.74 Å². The Morgan fingerprint density at radius 3 is 2.42 bits per heavy atom. The molecule has 0 aromatic heterocycles. The number of epoxide rings is 1. The smallest absolute Gasteiger partial charge is 0.122 e. The van der Waals surface area contributed by atoms with Gasteiger partial charge in [-0.15, -0.1) is 0 Å². The summed E-state index contributed by atoms with van der Waals surface area (Å²) in [6.07, 6.45) is 4.93. The third-order valence-electron chi connectivity index (χ3n) is 4.61. The van der Waals surface area contributed by atoms with Crippen molar-refractivity contribution in [1.29, 1.82) is 0 Å². The maximum atomic E-state index is 5.89. The Balaban J connectivity index is 1.44. The molecule has 0 radical (unpaired) electrons. The van der Waals surface area contributed by atoms with Crippen molar-refractivity contribution in [2.45, 2.75) is 51.6 Å². The van der Waals surface area contributed by atoms with E-state index in [1.807, 2.05) is 6.07 Å². The number of aryl methyl sites for hydroxylation is 2. The number of para-hydroxylation sites is 1. The second-order valence-corrected chi connectivity index (χ2v) is 6.98. The minimum atomic E-state index is 0.312. The van der Waals surface area contributed by atoms with Crippen LogP contribution in [0.4, 0.5) is 0 Å². The van der Waals surface area contributed by atoms with E-state index >= 15 is 0 Å². The molecule has 1 saturated heterocycles. The molecule has 0 spiro atoms. The molecule has 2 aromatic carbocycles. The van der Waals surface area contributed by atoms with Crippen molar-refractivity contribution in [3.8, 4) is 5.75 Å². The van der Waals surface area contributed by atoms with Gasteiger partial charge in [0.1, 0.15) is 18.5 Å². The van der Waals surface area contributed by atoms with E-state index in [2.05, 4.69) is 56.3 Å². The van der Waals surface area contributed by atoms with Crippen molar-refractivity contribution in [3.05, 3.63) is 65.2 Å². The molecule has 1 unspecified atom stereocenters. The topological polar surface area (TPSA) is 21.8 Å². The molecule has 1 heterocycles. The first-order valence-electron chi connectivity index (χ1n) is 9.13. The zero-order chi connectivity index (χ0) is 16.8. The van der Waals surface area contributed by atoms with Gasteiger partial charge in [-0.25, -0.2) is 0 Å². The number of ether oxygens (including phenoxy) is 2. The van der Waals surface area contributed by atoms with Gasteiger partial charge in [0, 0.05) is 0 Å². The second kappa shape index (κ2) is 8.34. The molecule has 128 valence electrons. The van der Waals surface area contributed by atoms with Crippen LogP contribution in [0.2, 0.25) is 0 Å². The lowest BCUT2D eigenvalue weighted by Gasteiger charge is -2.11. The van der Waals surface area contributed by atoms with Gasteiger partial charge in [0.05, 0.1) is 6.61 Å². The second-order valence-electron chi connectivity index (χ2n) is 6.98. The Morgan fingerprint density at radius 2 is 1.71 bits per heavy atom. The van der Waals surface area contributed by atoms with Crippen molar-refractivity contribution in [1.82, 2.24) is 0 Å². The van der Waals surface area contributed by atoms with Gasteiger partial charge in [0.25, 0.3) is 0 Å². The summed E-state index contributed by atoms with van der Waals surface area (Å²) in [5, 5.41) is 0. The zero-order valence-electron chi connectivity index (χ0n) is 14.8. The molecular formula is C22H28O2. The molecular weight excluding hydrogens is 296 g/mol. The summed E-state index contributed by atoms with van der Waals surface area (Å²) in [6.45, 7) is 6.00. The van der Waals surface area contributed by atoms with Crippen LogP contribution in [0, 0.1) is 0 Å². The molecule has 2 aromatic rings. The molecule has 0 amide bonds. The Morgan fingerprint density at radius 1 is 1.00 bits per heavy atom. The first-order chi connectivity index (χ1) is 11.7. The van der Waals surface area contributed by atoms with Gasteiger partial charge >= 0.3 is 0 Å². The average Bonchev–Trinajstić information content (AvgIpc) is 3.42. The van der Waals surface area contributed by atoms with Crippen molar-refractivity contribution in [3.63, 3.8) is 0 Å². The summed E-state index contributed by atoms with van der Waals surface area (Å²) >= 11 is 0. The summed E-state index contributed by atoms with van der Waals surface area (Å²) in [6, 6.07) is 17.5. The lowest BCUT2D eigenvalue weighted by atomic mass is 9.99. The minimum Gasteiger partial charge on any atom is -0.491 e. The summed E-state index contributed by atoms with van der Waals surface area (Å²) in [4.78, 5) is 0. The Hall–Kier alpha value is -1.80. The molecule has 3 rings (SSSR count). The number of unbranched alkanes of at least 4 members (excludes halogenated alkanes) is 1. The van der Waals surface area contributed by atoms with Gasteiger partial charge in [0.2, 0.25) is 0 Å². The first-order valence-corrected chi connectivity index (χ1v) is 9.13. The fourth-order valence-electron chi connectivity index (χ4n) is 2.91. The van der Waals surface area contributed by atoms with E-state index in [-0.39, 0.29) is 0 Å². The van der Waals surface area contributed by atoms with Gasteiger partial charge in [-0.3, -0.25) is 0 Å². The van der Waals surface area contributed by atoms with Gasteiger partial charge in [-0.2, -0.15) is 0 Å². The van der Waals surface area contributed by atoms with Crippen molar-refractivity contribution in [2.24, 2.45) is 0 Å². The van der Waals surface area contributed by atoms with Gasteiger partial charge in [-0.1, -0.05) is 56.3 Å². The van der Waals surface area contributed by atoms with Crippen LogP contribution in [0.15, 0.2) is 48.5 Å². The van der Waals surface area contributed by atoms with Gasteiger partial charge in [0.15, 0.2) is 0 Å². The molecule has 2 nitrogen and oxygen atoms in total. The molecule has 0 aliphatic carbocycles. The largest absolute Gasteiger partial charge is 0.491 e. The van der Waals surface area contributed by atoms with Crippen molar-refractivity contribution in [2.75, 3.05) is 13.2 Å². The van der Waals surface area contributed by atoms with Crippen LogP contribution in [-0.2, 0) is 17.6 Å². The molecule has 0 N–H and O–H groups in total. The highest BCUT2D eigenvalue weighted by molar-refractivity contribution is 5.33. The Labute approximate surface area is 145 Å². The molecule has 0 saturated carbocycles. The SMILES string of the molecule is CC(C)c1ccc(CCCCc2ccccc2OCC2CO2)cc1. The molecule has 1 fully saturated rings. The third-order valence-corrected chi connectivity index (χ3v) is 4.61. The predicted octanol–water partition coefficient (Wildman–Crippen LogP) is 5.15. The molecule has 1 atom stereocenters. The summed E-state index contributed by atoms with van der Waals surface area (Å²) in [5.41, 5.74) is 4.17. The standard InChI is InChI=1S/C22H28O2/c1-17(2)19-13-11-18(12-14-19)7-3-4-8-20-9-5-6-10-22(20)24-16-21-15-23-21/h5-6,9-14,17,21H,3-4,7-8,15-16H2,1-2H3. The van der Waals surface area contributed by atoms with Crippen LogP contribution >= 0.6 is 0 Å². The van der Waals surface area contributed by atoms with E-state index in [1.54, 1.807) is 0 Å². The number of benzene rings is 2. The fraction of sp³-hybridized carbons (Fsp3) is 0.455. The Kier molecular flexibility index (Phi) is 5.92. The van der Waals surface area contributed by atoms with Gasteiger partial charge < -0.3 is 9.47 Å². The summed E-state index contributed by atoms with van der Waals surface area (Å²) in [5.74, 6) is 1.63. The van der Waals surface area contributed by atoms with E-state index < -0.39 is 0 Å². The van der Waals surface area contributed by atoms with E-state index in [0.29, 0.717) is 18.6 Å². The number of rotatable bonds is 9. The van der Waals surface area contributed by atoms with Crippen LogP contribution in [0.5, 0.6) is 5.75 Å². The summed E-state index contributed by atoms with van der Waals surface area (Å²) < 4.78 is 11.1. The van der Waals surface area contributed by atoms with Crippen LogP contribution in [-0.4, -0.2) is 19.3 Å². The highest BCUT2D eigenvalue weighted by Gasteiger charge is 2.23. The maximum absolute atomic E-state index is 5.89.